The van der Waals surface area contributed by atoms with Crippen LogP contribution in [0.5, 0.6) is 11.5 Å². The lowest BCUT2D eigenvalue weighted by molar-refractivity contribution is -0.138. The molecule has 0 spiro atoms. The number of methoxy groups -OCH3 is 1. The van der Waals surface area contributed by atoms with Crippen LogP contribution < -0.4 is 15.2 Å². The van der Waals surface area contributed by atoms with Gasteiger partial charge in [0.1, 0.15) is 6.04 Å². The molecular weight excluding hydrogens is 282 g/mol. The second-order valence-electron chi connectivity index (χ2n) is 5.36. The molecule has 0 saturated carbocycles. The molecule has 1 aromatic carbocycles. The molecule has 0 aliphatic heterocycles. The number of aliphatic carboxylic acids is 1. The zero-order chi connectivity index (χ0) is 16.4. The third-order valence-electron chi connectivity index (χ3n) is 3.53. The van der Waals surface area contributed by atoms with Gasteiger partial charge in [0.15, 0.2) is 11.5 Å². The Kier molecular flexibility index (Phi) is 8.36. The fraction of sp³-hybridized carbons (Fsp3) is 0.588. The molecule has 22 heavy (non-hydrogen) atoms. The Morgan fingerprint density at radius 1 is 1.27 bits per heavy atom. The standard InChI is InChI=1S/C17H27NO4/c1-3-4-5-6-7-11-22-16-13(12-14(18)17(19)20)9-8-10-15(16)21-2/h8-10,14H,3-7,11-12,18H2,1-2H3,(H,19,20). The molecule has 0 aliphatic rings. The Bertz CT molecular complexity index is 462. The average molecular weight is 309 g/mol. The number of rotatable bonds is 11. The lowest BCUT2D eigenvalue weighted by Crippen LogP contribution is -2.32. The molecule has 0 heterocycles. The molecule has 124 valence electrons. The molecule has 0 aromatic heterocycles. The molecule has 0 amide bonds. The minimum atomic E-state index is -1.02. The largest absolute Gasteiger partial charge is 0.493 e. The summed E-state index contributed by atoms with van der Waals surface area (Å²) in [6.45, 7) is 2.78. The number of unbranched alkanes of at least 4 members (excludes halogenated alkanes) is 4. The van der Waals surface area contributed by atoms with Crippen molar-refractivity contribution in [3.05, 3.63) is 23.8 Å². The predicted octanol–water partition coefficient (Wildman–Crippen LogP) is 3.00. The molecule has 1 atom stereocenters. The van der Waals surface area contributed by atoms with Crippen LogP contribution in [-0.2, 0) is 11.2 Å². The summed E-state index contributed by atoms with van der Waals surface area (Å²) in [6, 6.07) is 4.51. The van der Waals surface area contributed by atoms with E-state index in [2.05, 4.69) is 6.92 Å². The van der Waals surface area contributed by atoms with Gasteiger partial charge in [0.25, 0.3) is 0 Å². The lowest BCUT2D eigenvalue weighted by Gasteiger charge is -2.16. The Balaban J connectivity index is 2.67. The molecule has 0 bridgehead atoms. The van der Waals surface area contributed by atoms with E-state index in [1.54, 1.807) is 7.11 Å². The number of carbonyl (C=O) groups is 1. The number of carboxylic acid groups (broad SMARTS) is 1. The summed E-state index contributed by atoms with van der Waals surface area (Å²) >= 11 is 0. The molecule has 1 rings (SSSR count). The number of benzene rings is 1. The smallest absolute Gasteiger partial charge is 0.320 e. The molecule has 5 nitrogen and oxygen atoms in total. The highest BCUT2D eigenvalue weighted by atomic mass is 16.5. The zero-order valence-corrected chi connectivity index (χ0v) is 13.5. The van der Waals surface area contributed by atoms with E-state index in [9.17, 15) is 4.79 Å². The number of nitrogens with two attached hydrogens (primary N) is 1. The maximum absolute atomic E-state index is 10.9. The molecule has 1 unspecified atom stereocenters. The Morgan fingerprint density at radius 3 is 2.64 bits per heavy atom. The van der Waals surface area contributed by atoms with E-state index in [1.165, 1.54) is 19.3 Å². The molecule has 0 saturated heterocycles. The summed E-state index contributed by atoms with van der Waals surface area (Å²) in [5.41, 5.74) is 6.39. The van der Waals surface area contributed by atoms with Crippen molar-refractivity contribution in [2.45, 2.75) is 51.5 Å². The fourth-order valence-corrected chi connectivity index (χ4v) is 2.25. The van der Waals surface area contributed by atoms with Crippen molar-refractivity contribution in [3.63, 3.8) is 0 Å². The van der Waals surface area contributed by atoms with Gasteiger partial charge in [-0.15, -0.1) is 0 Å². The predicted molar refractivity (Wildman–Crippen MR) is 86.6 cm³/mol. The third kappa shape index (κ3) is 5.93. The van der Waals surface area contributed by atoms with Gasteiger partial charge in [-0.2, -0.15) is 0 Å². The van der Waals surface area contributed by atoms with Gasteiger partial charge in [-0.3, -0.25) is 4.79 Å². The average Bonchev–Trinajstić information content (AvgIpc) is 2.51. The first kappa shape index (κ1) is 18.3. The maximum atomic E-state index is 10.9. The van der Waals surface area contributed by atoms with Crippen LogP contribution in [0, 0.1) is 0 Å². The Hall–Kier alpha value is -1.75. The highest BCUT2D eigenvalue weighted by molar-refractivity contribution is 5.73. The van der Waals surface area contributed by atoms with Gasteiger partial charge < -0.3 is 20.3 Å². The number of hydrogen-bond donors (Lipinski definition) is 2. The van der Waals surface area contributed by atoms with Gasteiger partial charge in [0.2, 0.25) is 0 Å². The van der Waals surface area contributed by atoms with Crippen molar-refractivity contribution in [1.29, 1.82) is 0 Å². The maximum Gasteiger partial charge on any atom is 0.320 e. The summed E-state index contributed by atoms with van der Waals surface area (Å²) < 4.78 is 11.2. The van der Waals surface area contributed by atoms with Crippen LogP contribution in [0.2, 0.25) is 0 Å². The van der Waals surface area contributed by atoms with E-state index < -0.39 is 12.0 Å². The first-order valence-electron chi connectivity index (χ1n) is 7.87. The van der Waals surface area contributed by atoms with Crippen molar-refractivity contribution in [1.82, 2.24) is 0 Å². The normalized spacial score (nSPS) is 12.0. The summed E-state index contributed by atoms with van der Waals surface area (Å²) in [5, 5.41) is 8.96. The van der Waals surface area contributed by atoms with E-state index in [0.29, 0.717) is 18.1 Å². The molecule has 5 heteroatoms. The van der Waals surface area contributed by atoms with Crippen molar-refractivity contribution in [2.24, 2.45) is 5.73 Å². The quantitative estimate of drug-likeness (QED) is 0.614. The molecule has 0 fully saturated rings. The first-order valence-corrected chi connectivity index (χ1v) is 7.87. The van der Waals surface area contributed by atoms with Crippen molar-refractivity contribution < 1.29 is 19.4 Å². The molecular formula is C17H27NO4. The van der Waals surface area contributed by atoms with Crippen molar-refractivity contribution in [2.75, 3.05) is 13.7 Å². The minimum Gasteiger partial charge on any atom is -0.493 e. The Morgan fingerprint density at radius 2 is 2.00 bits per heavy atom. The minimum absolute atomic E-state index is 0.220. The van der Waals surface area contributed by atoms with Gasteiger partial charge in [0.05, 0.1) is 13.7 Å². The van der Waals surface area contributed by atoms with E-state index in [4.69, 9.17) is 20.3 Å². The lowest BCUT2D eigenvalue weighted by atomic mass is 10.0. The van der Waals surface area contributed by atoms with Crippen LogP contribution in [0.3, 0.4) is 0 Å². The van der Waals surface area contributed by atoms with Crippen LogP contribution in [-0.4, -0.2) is 30.8 Å². The van der Waals surface area contributed by atoms with Gasteiger partial charge in [0, 0.05) is 12.0 Å². The number of carboxylic acids is 1. The van der Waals surface area contributed by atoms with E-state index >= 15 is 0 Å². The van der Waals surface area contributed by atoms with Crippen LogP contribution in [0.4, 0.5) is 0 Å². The van der Waals surface area contributed by atoms with Crippen LogP contribution in [0.25, 0.3) is 0 Å². The van der Waals surface area contributed by atoms with Crippen LogP contribution >= 0.6 is 0 Å². The topological polar surface area (TPSA) is 81.8 Å². The third-order valence-corrected chi connectivity index (χ3v) is 3.53. The van der Waals surface area contributed by atoms with Gasteiger partial charge in [-0.05, 0) is 12.5 Å². The number of ether oxygens (including phenoxy) is 2. The molecule has 1 aromatic rings. The summed E-state index contributed by atoms with van der Waals surface area (Å²) in [4.78, 5) is 10.9. The van der Waals surface area contributed by atoms with Crippen molar-refractivity contribution in [3.8, 4) is 11.5 Å². The second-order valence-corrected chi connectivity index (χ2v) is 5.36. The van der Waals surface area contributed by atoms with Crippen molar-refractivity contribution >= 4 is 5.97 Å². The summed E-state index contributed by atoms with van der Waals surface area (Å²) in [5.74, 6) is 0.203. The fourth-order valence-electron chi connectivity index (χ4n) is 2.25. The first-order chi connectivity index (χ1) is 10.6. The van der Waals surface area contributed by atoms with E-state index in [1.807, 2.05) is 18.2 Å². The van der Waals surface area contributed by atoms with Gasteiger partial charge in [-0.25, -0.2) is 0 Å². The monoisotopic (exact) mass is 309 g/mol. The highest BCUT2D eigenvalue weighted by Gasteiger charge is 2.17. The molecule has 0 aliphatic carbocycles. The SMILES string of the molecule is CCCCCCCOc1c(CC(N)C(=O)O)cccc1OC. The van der Waals surface area contributed by atoms with Gasteiger partial charge >= 0.3 is 5.97 Å². The summed E-state index contributed by atoms with van der Waals surface area (Å²) in [7, 11) is 1.57. The molecule has 3 N–H and O–H groups in total. The second kappa shape index (κ2) is 10.1. The van der Waals surface area contributed by atoms with E-state index in [0.717, 1.165) is 18.4 Å². The zero-order valence-electron chi connectivity index (χ0n) is 13.5. The van der Waals surface area contributed by atoms with E-state index in [-0.39, 0.29) is 6.42 Å². The number of hydrogen-bond acceptors (Lipinski definition) is 4. The molecule has 0 radical (unpaired) electrons. The highest BCUT2D eigenvalue weighted by Crippen LogP contribution is 2.32. The van der Waals surface area contributed by atoms with Crippen LogP contribution in [0.1, 0.15) is 44.6 Å². The van der Waals surface area contributed by atoms with Crippen LogP contribution in [0.15, 0.2) is 18.2 Å². The Labute approximate surface area is 132 Å². The summed E-state index contributed by atoms with van der Waals surface area (Å²) in [6.07, 6.45) is 5.99. The van der Waals surface area contributed by atoms with Gasteiger partial charge in [-0.1, -0.05) is 44.7 Å². The number of para-hydroxylation sites is 1.